The van der Waals surface area contributed by atoms with Crippen molar-refractivity contribution in [1.82, 2.24) is 5.43 Å². The summed E-state index contributed by atoms with van der Waals surface area (Å²) in [5.74, 6) is -0.0433. The van der Waals surface area contributed by atoms with Crippen LogP contribution in [0.3, 0.4) is 0 Å². The van der Waals surface area contributed by atoms with Crippen LogP contribution in [0.25, 0.3) is 0 Å². The molecule has 0 saturated carbocycles. The van der Waals surface area contributed by atoms with E-state index in [0.29, 0.717) is 0 Å². The van der Waals surface area contributed by atoms with Crippen molar-refractivity contribution in [2.45, 2.75) is 64.9 Å². The molecule has 2 unspecified atom stereocenters. The van der Waals surface area contributed by atoms with Crippen LogP contribution in [0.4, 0.5) is 0 Å². The first-order valence-corrected chi connectivity index (χ1v) is 7.72. The van der Waals surface area contributed by atoms with E-state index in [1.54, 1.807) is 0 Å². The Kier molecular flexibility index (Phi) is 7.51. The van der Waals surface area contributed by atoms with Gasteiger partial charge in [0.1, 0.15) is 6.10 Å². The van der Waals surface area contributed by atoms with Crippen LogP contribution in [0.15, 0.2) is 5.10 Å². The van der Waals surface area contributed by atoms with Crippen molar-refractivity contribution in [1.29, 1.82) is 0 Å². The molecule has 0 aliphatic carbocycles. The molecular formula is C14H25N3O2S. The number of nitrogens with zero attached hydrogens (tertiary/aromatic N) is 1. The molecule has 1 rings (SSSR count). The zero-order valence-corrected chi connectivity index (χ0v) is 13.2. The molecule has 0 bridgehead atoms. The van der Waals surface area contributed by atoms with Gasteiger partial charge in [-0.25, -0.2) is 0 Å². The summed E-state index contributed by atoms with van der Waals surface area (Å²) in [6.07, 6.45) is 7.01. The second kappa shape index (κ2) is 8.89. The maximum atomic E-state index is 11.8. The molecular weight excluding hydrogens is 274 g/mol. The molecule has 5 nitrogen and oxygen atoms in total. The second-order valence-corrected chi connectivity index (χ2v) is 5.79. The lowest BCUT2D eigenvalue weighted by Crippen LogP contribution is -2.25. The molecule has 3 N–H and O–H groups in total. The summed E-state index contributed by atoms with van der Waals surface area (Å²) in [6, 6.07) is 0. The quantitative estimate of drug-likeness (QED) is 0.237. The average molecular weight is 299 g/mol. The third-order valence-electron chi connectivity index (χ3n) is 3.50. The number of nitrogens with two attached hydrogens (primary N) is 1. The Bertz CT molecular complexity index is 371. The maximum absolute atomic E-state index is 11.8. The van der Waals surface area contributed by atoms with E-state index >= 15 is 0 Å². The predicted octanol–water partition coefficient (Wildman–Crippen LogP) is 2.49. The zero-order valence-electron chi connectivity index (χ0n) is 12.4. The lowest BCUT2D eigenvalue weighted by atomic mass is 9.96. The Labute approximate surface area is 126 Å². The summed E-state index contributed by atoms with van der Waals surface area (Å²) in [4.78, 5) is 11.8. The monoisotopic (exact) mass is 299 g/mol. The SMILES string of the molecule is CCCCCC1CC(CC/C(C)=N\NC(N)=S)C(=O)O1. The Morgan fingerprint density at radius 3 is 2.90 bits per heavy atom. The average Bonchev–Trinajstić information content (AvgIpc) is 2.75. The molecule has 1 saturated heterocycles. The van der Waals surface area contributed by atoms with Gasteiger partial charge in [-0.1, -0.05) is 19.8 Å². The number of ether oxygens (including phenoxy) is 1. The van der Waals surface area contributed by atoms with Gasteiger partial charge < -0.3 is 10.5 Å². The molecule has 0 radical (unpaired) electrons. The first kappa shape index (κ1) is 16.9. The minimum atomic E-state index is -0.0541. The highest BCUT2D eigenvalue weighted by atomic mass is 32.1. The highest BCUT2D eigenvalue weighted by Crippen LogP contribution is 2.28. The van der Waals surface area contributed by atoms with E-state index in [-0.39, 0.29) is 23.1 Å². The lowest BCUT2D eigenvalue weighted by molar-refractivity contribution is -0.144. The van der Waals surface area contributed by atoms with Gasteiger partial charge in [0.2, 0.25) is 0 Å². The number of esters is 1. The molecule has 0 aromatic heterocycles. The zero-order chi connectivity index (χ0) is 15.0. The van der Waals surface area contributed by atoms with E-state index in [9.17, 15) is 4.79 Å². The number of hydrogen-bond donors (Lipinski definition) is 2. The summed E-state index contributed by atoms with van der Waals surface area (Å²) in [5.41, 5.74) is 8.74. The van der Waals surface area contributed by atoms with Crippen LogP contribution in [0.1, 0.15) is 58.8 Å². The molecule has 0 spiro atoms. The fraction of sp³-hybridized carbons (Fsp3) is 0.786. The normalized spacial score (nSPS) is 22.7. The maximum Gasteiger partial charge on any atom is 0.309 e. The van der Waals surface area contributed by atoms with Crippen molar-refractivity contribution < 1.29 is 9.53 Å². The van der Waals surface area contributed by atoms with Crippen molar-refractivity contribution in [3.63, 3.8) is 0 Å². The van der Waals surface area contributed by atoms with E-state index in [4.69, 9.17) is 10.5 Å². The van der Waals surface area contributed by atoms with E-state index in [2.05, 4.69) is 29.7 Å². The largest absolute Gasteiger partial charge is 0.462 e. The topological polar surface area (TPSA) is 76.7 Å². The van der Waals surface area contributed by atoms with Crippen molar-refractivity contribution in [2.75, 3.05) is 0 Å². The third-order valence-corrected chi connectivity index (χ3v) is 3.60. The van der Waals surface area contributed by atoms with Crippen LogP contribution in [-0.4, -0.2) is 22.9 Å². The van der Waals surface area contributed by atoms with Gasteiger partial charge in [-0.2, -0.15) is 5.10 Å². The Morgan fingerprint density at radius 1 is 1.50 bits per heavy atom. The second-order valence-electron chi connectivity index (χ2n) is 5.35. The number of rotatable bonds is 8. The van der Waals surface area contributed by atoms with Crippen LogP contribution in [-0.2, 0) is 9.53 Å². The highest BCUT2D eigenvalue weighted by molar-refractivity contribution is 7.80. The summed E-state index contributed by atoms with van der Waals surface area (Å²) >= 11 is 4.68. The molecule has 114 valence electrons. The number of unbranched alkanes of at least 4 members (excludes halogenated alkanes) is 2. The number of carbonyl (C=O) groups is 1. The number of hydrogen-bond acceptors (Lipinski definition) is 4. The Hall–Kier alpha value is -1.17. The van der Waals surface area contributed by atoms with Crippen LogP contribution in [0.5, 0.6) is 0 Å². The fourth-order valence-corrected chi connectivity index (χ4v) is 2.39. The lowest BCUT2D eigenvalue weighted by Gasteiger charge is -2.07. The predicted molar refractivity (Wildman–Crippen MR) is 84.4 cm³/mol. The minimum absolute atomic E-state index is 0.0107. The van der Waals surface area contributed by atoms with Crippen molar-refractivity contribution in [3.8, 4) is 0 Å². The van der Waals surface area contributed by atoms with E-state index in [1.165, 1.54) is 12.8 Å². The molecule has 0 aromatic rings. The molecule has 1 aliphatic rings. The van der Waals surface area contributed by atoms with Crippen molar-refractivity contribution in [3.05, 3.63) is 0 Å². The number of cyclic esters (lactones) is 1. The van der Waals surface area contributed by atoms with E-state index < -0.39 is 0 Å². The van der Waals surface area contributed by atoms with Gasteiger partial charge in [0.05, 0.1) is 5.92 Å². The molecule has 6 heteroatoms. The number of thiocarbonyl (C=S) groups is 1. The molecule has 1 aliphatic heterocycles. The molecule has 1 fully saturated rings. The number of hydrazone groups is 1. The van der Waals surface area contributed by atoms with Crippen molar-refractivity contribution >= 4 is 29.0 Å². The van der Waals surface area contributed by atoms with Gasteiger partial charge in [-0.05, 0) is 51.2 Å². The molecule has 1 heterocycles. The van der Waals surface area contributed by atoms with Gasteiger partial charge in [-0.3, -0.25) is 10.2 Å². The fourth-order valence-electron chi connectivity index (χ4n) is 2.35. The van der Waals surface area contributed by atoms with Gasteiger partial charge in [0.15, 0.2) is 5.11 Å². The minimum Gasteiger partial charge on any atom is -0.462 e. The van der Waals surface area contributed by atoms with Gasteiger partial charge >= 0.3 is 5.97 Å². The van der Waals surface area contributed by atoms with E-state index in [0.717, 1.165) is 37.8 Å². The smallest absolute Gasteiger partial charge is 0.309 e. The summed E-state index contributed by atoms with van der Waals surface area (Å²) in [5, 5.41) is 4.19. The Balaban J connectivity index is 2.28. The molecule has 2 atom stereocenters. The van der Waals surface area contributed by atoms with Gasteiger partial charge in [0, 0.05) is 5.71 Å². The highest BCUT2D eigenvalue weighted by Gasteiger charge is 2.33. The van der Waals surface area contributed by atoms with Gasteiger partial charge in [0.25, 0.3) is 0 Å². The van der Waals surface area contributed by atoms with Crippen LogP contribution in [0, 0.1) is 5.92 Å². The molecule has 20 heavy (non-hydrogen) atoms. The van der Waals surface area contributed by atoms with Crippen LogP contribution in [0.2, 0.25) is 0 Å². The van der Waals surface area contributed by atoms with Crippen molar-refractivity contribution in [2.24, 2.45) is 16.8 Å². The Morgan fingerprint density at radius 2 is 2.25 bits per heavy atom. The number of carbonyl (C=O) groups excluding carboxylic acids is 1. The number of nitrogens with one attached hydrogen (secondary N) is 1. The van der Waals surface area contributed by atoms with Crippen LogP contribution >= 0.6 is 12.2 Å². The summed E-state index contributed by atoms with van der Waals surface area (Å²) in [7, 11) is 0. The first-order valence-electron chi connectivity index (χ1n) is 7.32. The molecule has 0 aromatic carbocycles. The van der Waals surface area contributed by atoms with E-state index in [1.807, 2.05) is 6.92 Å². The van der Waals surface area contributed by atoms with Crippen LogP contribution < -0.4 is 11.2 Å². The first-order chi connectivity index (χ1) is 9.52. The van der Waals surface area contributed by atoms with Gasteiger partial charge in [-0.15, -0.1) is 0 Å². The summed E-state index contributed by atoms with van der Waals surface area (Å²) < 4.78 is 5.42. The third kappa shape index (κ3) is 6.32. The molecule has 0 amide bonds. The standard InChI is InChI=1S/C14H25N3O2S/c1-3-4-5-6-12-9-11(13(18)19-12)8-7-10(2)16-17-14(15)20/h11-12H,3-9H2,1-2H3,(H3,15,17,20)/b16-10-. The summed E-state index contributed by atoms with van der Waals surface area (Å²) in [6.45, 7) is 4.07.